The minimum atomic E-state index is 0.219. The van der Waals surface area contributed by atoms with Gasteiger partial charge in [0.25, 0.3) is 0 Å². The first kappa shape index (κ1) is 24.4. The Morgan fingerprint density at radius 1 is 0.767 bits per heavy atom. The van der Waals surface area contributed by atoms with E-state index in [2.05, 4.69) is 114 Å². The highest BCUT2D eigenvalue weighted by Gasteiger charge is 2.50. The summed E-state index contributed by atoms with van der Waals surface area (Å²) in [5.41, 5.74) is 9.82. The molecule has 0 spiro atoms. The average molecular weight is 576 g/mol. The molecular weight excluding hydrogens is 543 g/mol. The number of ether oxygens (including phenoxy) is 1. The molecule has 5 unspecified atom stereocenters. The Morgan fingerprint density at radius 2 is 1.63 bits per heavy atom. The highest BCUT2D eigenvalue weighted by Crippen LogP contribution is 2.56. The van der Waals surface area contributed by atoms with Gasteiger partial charge < -0.3 is 9.64 Å². The second-order valence-electron chi connectivity index (χ2n) is 12.9. The van der Waals surface area contributed by atoms with Gasteiger partial charge in [0.15, 0.2) is 0 Å². The summed E-state index contributed by atoms with van der Waals surface area (Å²) in [7, 11) is 0. The number of fused-ring (bicyclic) bond motifs is 11. The molecule has 5 atom stereocenters. The zero-order valence-corrected chi connectivity index (χ0v) is 24.9. The lowest BCUT2D eigenvalue weighted by Gasteiger charge is -2.38. The van der Waals surface area contributed by atoms with Gasteiger partial charge >= 0.3 is 0 Å². The molecule has 1 aromatic heterocycles. The molecule has 210 valence electrons. The van der Waals surface area contributed by atoms with Crippen molar-refractivity contribution in [1.82, 2.24) is 0 Å². The van der Waals surface area contributed by atoms with Gasteiger partial charge in [-0.3, -0.25) is 0 Å². The quantitative estimate of drug-likeness (QED) is 0.221. The van der Waals surface area contributed by atoms with E-state index in [-0.39, 0.29) is 6.10 Å². The van der Waals surface area contributed by atoms with Crippen molar-refractivity contribution >= 4 is 37.2 Å². The summed E-state index contributed by atoms with van der Waals surface area (Å²) in [4.78, 5) is 2.58. The van der Waals surface area contributed by atoms with E-state index in [4.69, 9.17) is 4.74 Å². The topological polar surface area (TPSA) is 12.5 Å². The van der Waals surface area contributed by atoms with Crippen LogP contribution in [0.15, 0.2) is 138 Å². The summed E-state index contributed by atoms with van der Waals surface area (Å²) in [5.74, 6) is 2.85. The Hall–Kier alpha value is -4.08. The number of allylic oxidation sites excluding steroid dienone is 7. The summed E-state index contributed by atoms with van der Waals surface area (Å²) in [6, 6.07) is 24.9. The molecule has 43 heavy (non-hydrogen) atoms. The van der Waals surface area contributed by atoms with Crippen LogP contribution in [0.4, 0.5) is 5.69 Å². The van der Waals surface area contributed by atoms with E-state index >= 15 is 0 Å². The maximum absolute atomic E-state index is 6.68. The van der Waals surface area contributed by atoms with Crippen molar-refractivity contribution in [3.05, 3.63) is 138 Å². The standard InChI is InChI=1S/C40H33NOS/c1-4-13-34-33(10-1)38-29-20-21-30-27-8-2-5-14-36(27)42-39(30)31(29)22-23-35(38)41(34)25-18-16-24(17-19-25)26-11-7-12-32-28-9-3-6-15-37(28)43-40(26)32/h3,6-9,11-23,29-31,33,39H,1-2,4-5,10H2. The molecule has 6 aliphatic rings. The van der Waals surface area contributed by atoms with Gasteiger partial charge in [-0.05, 0) is 79.2 Å². The van der Waals surface area contributed by atoms with Crippen molar-refractivity contribution in [2.45, 2.75) is 38.2 Å². The van der Waals surface area contributed by atoms with E-state index in [1.807, 2.05) is 11.3 Å². The van der Waals surface area contributed by atoms with E-state index in [0.717, 1.165) is 18.6 Å². The summed E-state index contributed by atoms with van der Waals surface area (Å²) >= 11 is 1.91. The molecule has 0 amide bonds. The third-order valence-corrected chi connectivity index (χ3v) is 11.9. The number of hydrogen-bond acceptors (Lipinski definition) is 3. The lowest BCUT2D eigenvalue weighted by Crippen LogP contribution is -2.36. The first-order valence-corrected chi connectivity index (χ1v) is 16.8. The van der Waals surface area contributed by atoms with Crippen molar-refractivity contribution < 1.29 is 4.74 Å². The Labute approximate surface area is 256 Å². The van der Waals surface area contributed by atoms with Gasteiger partial charge in [-0.25, -0.2) is 0 Å². The predicted molar refractivity (Wildman–Crippen MR) is 179 cm³/mol. The van der Waals surface area contributed by atoms with E-state index in [1.54, 1.807) is 5.57 Å². The molecule has 0 radical (unpaired) electrons. The van der Waals surface area contributed by atoms with Crippen LogP contribution in [0.2, 0.25) is 0 Å². The Bertz CT molecular complexity index is 2010. The molecule has 4 aliphatic carbocycles. The monoisotopic (exact) mass is 575 g/mol. The fourth-order valence-corrected chi connectivity index (χ4v) is 10.1. The van der Waals surface area contributed by atoms with Gasteiger partial charge in [0.05, 0.1) is 0 Å². The minimum absolute atomic E-state index is 0.219. The summed E-state index contributed by atoms with van der Waals surface area (Å²) < 4.78 is 9.41. The molecular formula is C40H33NOS. The molecule has 3 heterocycles. The molecule has 1 fully saturated rings. The van der Waals surface area contributed by atoms with E-state index in [1.165, 1.54) is 73.2 Å². The number of hydrogen-bond donors (Lipinski definition) is 0. The lowest BCUT2D eigenvalue weighted by atomic mass is 9.67. The fourth-order valence-electron chi connectivity index (χ4n) is 8.83. The SMILES string of the molecule is C1=CC2C(C=CC3C4=CCCC=C4OC32)C2=C1N(c1ccc(-c3cccc4c3sc3ccccc34)cc1)C1=CCCCC12. The normalized spacial score (nSPS) is 28.5. The van der Waals surface area contributed by atoms with Gasteiger partial charge in [0.2, 0.25) is 0 Å². The highest BCUT2D eigenvalue weighted by atomic mass is 32.1. The molecule has 1 saturated heterocycles. The van der Waals surface area contributed by atoms with Gasteiger partial charge in [0.1, 0.15) is 11.9 Å². The van der Waals surface area contributed by atoms with Gasteiger partial charge in [-0.1, -0.05) is 78.9 Å². The first-order chi connectivity index (χ1) is 21.3. The maximum Gasteiger partial charge on any atom is 0.119 e. The van der Waals surface area contributed by atoms with Crippen LogP contribution in [-0.2, 0) is 4.74 Å². The zero-order valence-electron chi connectivity index (χ0n) is 24.1. The Kier molecular flexibility index (Phi) is 5.22. The fraction of sp³-hybridized carbons (Fsp3) is 0.250. The van der Waals surface area contributed by atoms with Crippen molar-refractivity contribution in [1.29, 1.82) is 0 Å². The van der Waals surface area contributed by atoms with Crippen molar-refractivity contribution in [3.63, 3.8) is 0 Å². The van der Waals surface area contributed by atoms with Crippen LogP contribution in [0, 0.1) is 23.7 Å². The number of thiophene rings is 1. The van der Waals surface area contributed by atoms with Crippen LogP contribution in [0.1, 0.15) is 32.1 Å². The lowest BCUT2D eigenvalue weighted by molar-refractivity contribution is 0.0830. The summed E-state index contributed by atoms with van der Waals surface area (Å²) in [6.45, 7) is 0. The summed E-state index contributed by atoms with van der Waals surface area (Å²) in [5, 5.41) is 2.71. The molecule has 10 rings (SSSR count). The van der Waals surface area contributed by atoms with Crippen molar-refractivity contribution in [2.75, 3.05) is 4.90 Å². The molecule has 0 N–H and O–H groups in total. The molecule has 3 heteroatoms. The van der Waals surface area contributed by atoms with E-state index < -0.39 is 0 Å². The molecule has 0 saturated carbocycles. The molecule has 0 bridgehead atoms. The van der Waals surface area contributed by atoms with Crippen molar-refractivity contribution in [2.24, 2.45) is 23.7 Å². The molecule has 3 aromatic carbocycles. The van der Waals surface area contributed by atoms with Crippen molar-refractivity contribution in [3.8, 4) is 11.1 Å². The third kappa shape index (κ3) is 3.46. The van der Waals surface area contributed by atoms with E-state index in [9.17, 15) is 0 Å². The van der Waals surface area contributed by atoms with Crippen LogP contribution >= 0.6 is 11.3 Å². The zero-order chi connectivity index (χ0) is 28.1. The van der Waals surface area contributed by atoms with Crippen LogP contribution in [0.5, 0.6) is 0 Å². The largest absolute Gasteiger partial charge is 0.489 e. The molecule has 4 aromatic rings. The number of anilines is 1. The number of rotatable bonds is 2. The van der Waals surface area contributed by atoms with E-state index in [0.29, 0.717) is 23.7 Å². The third-order valence-electron chi connectivity index (χ3n) is 10.7. The summed E-state index contributed by atoms with van der Waals surface area (Å²) in [6.07, 6.45) is 23.3. The molecule has 2 aliphatic heterocycles. The van der Waals surface area contributed by atoms with Gasteiger partial charge in [-0.2, -0.15) is 0 Å². The number of benzene rings is 3. The predicted octanol–water partition coefficient (Wildman–Crippen LogP) is 10.5. The second-order valence-corrected chi connectivity index (χ2v) is 13.9. The average Bonchev–Trinajstić information content (AvgIpc) is 3.74. The number of nitrogens with zero attached hydrogens (tertiary/aromatic N) is 1. The Morgan fingerprint density at radius 3 is 2.58 bits per heavy atom. The highest BCUT2D eigenvalue weighted by molar-refractivity contribution is 7.26. The molecule has 2 nitrogen and oxygen atoms in total. The Balaban J connectivity index is 1.04. The maximum atomic E-state index is 6.68. The smallest absolute Gasteiger partial charge is 0.119 e. The van der Waals surface area contributed by atoms with Gasteiger partial charge in [0, 0.05) is 66.5 Å². The first-order valence-electron chi connectivity index (χ1n) is 16.0. The van der Waals surface area contributed by atoms with Crippen LogP contribution < -0.4 is 4.90 Å². The van der Waals surface area contributed by atoms with Crippen LogP contribution in [0.3, 0.4) is 0 Å². The minimum Gasteiger partial charge on any atom is -0.489 e. The van der Waals surface area contributed by atoms with Gasteiger partial charge in [-0.15, -0.1) is 11.3 Å². The van der Waals surface area contributed by atoms with Crippen LogP contribution in [0.25, 0.3) is 31.3 Å². The van der Waals surface area contributed by atoms with Crippen LogP contribution in [-0.4, -0.2) is 6.10 Å². The second kappa shape index (κ2) is 9.21.